The molecule has 24 heavy (non-hydrogen) atoms. The Kier molecular flexibility index (Phi) is 4.96. The van der Waals surface area contributed by atoms with Gasteiger partial charge in [-0.15, -0.1) is 0 Å². The molecule has 0 amide bonds. The average molecular weight is 351 g/mol. The summed E-state index contributed by atoms with van der Waals surface area (Å²) in [6, 6.07) is 12.8. The summed E-state index contributed by atoms with van der Waals surface area (Å²) in [5.74, 6) is -1.76. The molecule has 0 aliphatic carbocycles. The van der Waals surface area contributed by atoms with Gasteiger partial charge in [-0.3, -0.25) is 0 Å². The molecule has 0 bridgehead atoms. The largest absolute Gasteiger partial charge is 0.243 e. The van der Waals surface area contributed by atoms with Crippen molar-refractivity contribution in [2.24, 2.45) is 5.92 Å². The molecule has 2 aromatic carbocycles. The molecule has 0 spiro atoms. The van der Waals surface area contributed by atoms with E-state index < -0.39 is 21.7 Å². The van der Waals surface area contributed by atoms with Gasteiger partial charge in [-0.05, 0) is 48.9 Å². The predicted octanol–water partition coefficient (Wildman–Crippen LogP) is 3.61. The minimum absolute atomic E-state index is 0.192. The Hall–Kier alpha value is -1.79. The number of nitrogens with zero attached hydrogens (tertiary/aromatic N) is 1. The molecule has 0 unspecified atom stereocenters. The van der Waals surface area contributed by atoms with Crippen LogP contribution in [0.15, 0.2) is 53.4 Å². The Morgan fingerprint density at radius 1 is 0.958 bits per heavy atom. The van der Waals surface area contributed by atoms with Crippen LogP contribution in [0.2, 0.25) is 0 Å². The zero-order valence-corrected chi connectivity index (χ0v) is 14.0. The molecule has 1 aliphatic rings. The summed E-state index contributed by atoms with van der Waals surface area (Å²) in [6.45, 7) is 0.803. The van der Waals surface area contributed by atoms with E-state index in [-0.39, 0.29) is 4.90 Å². The molecular weight excluding hydrogens is 332 g/mol. The van der Waals surface area contributed by atoms with Gasteiger partial charge < -0.3 is 0 Å². The van der Waals surface area contributed by atoms with E-state index in [1.807, 2.05) is 18.2 Å². The van der Waals surface area contributed by atoms with Gasteiger partial charge in [0, 0.05) is 13.1 Å². The van der Waals surface area contributed by atoms with Crippen LogP contribution in [-0.2, 0) is 16.4 Å². The molecule has 1 saturated heterocycles. The minimum atomic E-state index is -3.77. The molecule has 6 heteroatoms. The third-order valence-corrected chi connectivity index (χ3v) is 6.36. The van der Waals surface area contributed by atoms with Crippen molar-refractivity contribution in [2.45, 2.75) is 24.2 Å². The zero-order chi connectivity index (χ0) is 17.2. The second kappa shape index (κ2) is 6.99. The summed E-state index contributed by atoms with van der Waals surface area (Å²) in [4.78, 5) is -0.192. The van der Waals surface area contributed by atoms with Crippen molar-refractivity contribution in [1.29, 1.82) is 0 Å². The Morgan fingerprint density at radius 3 is 2.25 bits per heavy atom. The molecule has 1 fully saturated rings. The smallest absolute Gasteiger partial charge is 0.207 e. The Labute approximate surface area is 141 Å². The average Bonchev–Trinajstić information content (AvgIpc) is 2.58. The molecule has 0 atom stereocenters. The van der Waals surface area contributed by atoms with Crippen LogP contribution in [0.25, 0.3) is 0 Å². The first-order chi connectivity index (χ1) is 11.5. The van der Waals surface area contributed by atoms with Crippen molar-refractivity contribution >= 4 is 10.0 Å². The van der Waals surface area contributed by atoms with E-state index in [0.717, 1.165) is 37.5 Å². The first kappa shape index (κ1) is 17.0. The third-order valence-electron chi connectivity index (χ3n) is 4.47. The van der Waals surface area contributed by atoms with Gasteiger partial charge in [0.05, 0.1) is 4.90 Å². The van der Waals surface area contributed by atoms with Crippen molar-refractivity contribution in [1.82, 2.24) is 4.31 Å². The SMILES string of the molecule is O=S(=O)(c1ccc(F)c(F)c1)N1CCC(Cc2ccccc2)CC1. The summed E-state index contributed by atoms with van der Waals surface area (Å²) < 4.78 is 52.8. The lowest BCUT2D eigenvalue weighted by Crippen LogP contribution is -2.38. The van der Waals surface area contributed by atoms with Gasteiger partial charge >= 0.3 is 0 Å². The van der Waals surface area contributed by atoms with Crippen molar-refractivity contribution < 1.29 is 17.2 Å². The van der Waals surface area contributed by atoms with Gasteiger partial charge in [0.15, 0.2) is 11.6 Å². The summed E-state index contributed by atoms with van der Waals surface area (Å²) in [5.41, 5.74) is 1.25. The number of benzene rings is 2. The maximum Gasteiger partial charge on any atom is 0.243 e. The highest BCUT2D eigenvalue weighted by Gasteiger charge is 2.30. The van der Waals surface area contributed by atoms with Gasteiger partial charge in [-0.2, -0.15) is 4.31 Å². The Morgan fingerprint density at radius 2 is 1.62 bits per heavy atom. The van der Waals surface area contributed by atoms with Gasteiger partial charge in [0.25, 0.3) is 0 Å². The monoisotopic (exact) mass is 351 g/mol. The van der Waals surface area contributed by atoms with Crippen molar-refractivity contribution in [3.63, 3.8) is 0 Å². The Bertz CT molecular complexity index is 801. The molecule has 3 rings (SSSR count). The Balaban J connectivity index is 1.66. The van der Waals surface area contributed by atoms with Crippen LogP contribution in [0.4, 0.5) is 8.78 Å². The normalized spacial score (nSPS) is 17.1. The number of halogens is 2. The number of hydrogen-bond acceptors (Lipinski definition) is 2. The van der Waals surface area contributed by atoms with E-state index in [4.69, 9.17) is 0 Å². The fourth-order valence-electron chi connectivity index (χ4n) is 3.09. The number of sulfonamides is 1. The van der Waals surface area contributed by atoms with E-state index in [1.165, 1.54) is 9.87 Å². The van der Waals surface area contributed by atoms with Crippen LogP contribution in [-0.4, -0.2) is 25.8 Å². The summed E-state index contributed by atoms with van der Waals surface area (Å²) in [6.07, 6.45) is 2.45. The lowest BCUT2D eigenvalue weighted by atomic mass is 9.91. The molecule has 0 N–H and O–H groups in total. The molecular formula is C18H19F2NO2S. The quantitative estimate of drug-likeness (QED) is 0.844. The standard InChI is InChI=1S/C18H19F2NO2S/c19-17-7-6-16(13-18(17)20)24(22,23)21-10-8-15(9-11-21)12-14-4-2-1-3-5-14/h1-7,13,15H,8-12H2. The van der Waals surface area contributed by atoms with Crippen molar-refractivity contribution in [3.8, 4) is 0 Å². The van der Waals surface area contributed by atoms with Crippen molar-refractivity contribution in [2.75, 3.05) is 13.1 Å². The van der Waals surface area contributed by atoms with E-state index in [0.29, 0.717) is 19.0 Å². The molecule has 128 valence electrons. The first-order valence-corrected chi connectivity index (χ1v) is 9.40. The highest BCUT2D eigenvalue weighted by molar-refractivity contribution is 7.89. The fourth-order valence-corrected chi connectivity index (χ4v) is 4.57. The van der Waals surface area contributed by atoms with Gasteiger partial charge in [0.1, 0.15) is 0 Å². The summed E-state index contributed by atoms with van der Waals surface area (Å²) >= 11 is 0. The summed E-state index contributed by atoms with van der Waals surface area (Å²) in [7, 11) is -3.77. The lowest BCUT2D eigenvalue weighted by Gasteiger charge is -2.31. The van der Waals surface area contributed by atoms with E-state index in [1.54, 1.807) is 0 Å². The molecule has 3 nitrogen and oxygen atoms in total. The van der Waals surface area contributed by atoms with Crippen LogP contribution < -0.4 is 0 Å². The maximum absolute atomic E-state index is 13.3. The number of piperidine rings is 1. The van der Waals surface area contributed by atoms with E-state index in [9.17, 15) is 17.2 Å². The lowest BCUT2D eigenvalue weighted by molar-refractivity contribution is 0.272. The second-order valence-electron chi connectivity index (χ2n) is 6.11. The second-order valence-corrected chi connectivity index (χ2v) is 8.05. The highest BCUT2D eigenvalue weighted by atomic mass is 32.2. The summed E-state index contributed by atoms with van der Waals surface area (Å²) in [5, 5.41) is 0. The molecule has 2 aromatic rings. The van der Waals surface area contributed by atoms with Gasteiger partial charge in [0.2, 0.25) is 10.0 Å². The molecule has 1 heterocycles. The van der Waals surface area contributed by atoms with Crippen LogP contribution in [0.3, 0.4) is 0 Å². The third kappa shape index (κ3) is 3.65. The first-order valence-electron chi connectivity index (χ1n) is 7.96. The fraction of sp³-hybridized carbons (Fsp3) is 0.333. The zero-order valence-electron chi connectivity index (χ0n) is 13.2. The minimum Gasteiger partial charge on any atom is -0.207 e. The molecule has 0 aromatic heterocycles. The predicted molar refractivity (Wildman–Crippen MR) is 88.0 cm³/mol. The van der Waals surface area contributed by atoms with E-state index in [2.05, 4.69) is 12.1 Å². The topological polar surface area (TPSA) is 37.4 Å². The molecule has 0 saturated carbocycles. The van der Waals surface area contributed by atoms with Crippen LogP contribution in [0, 0.1) is 17.6 Å². The molecule has 1 aliphatic heterocycles. The van der Waals surface area contributed by atoms with Crippen LogP contribution >= 0.6 is 0 Å². The maximum atomic E-state index is 13.3. The van der Waals surface area contributed by atoms with Gasteiger partial charge in [-0.1, -0.05) is 30.3 Å². The number of hydrogen-bond donors (Lipinski definition) is 0. The van der Waals surface area contributed by atoms with Crippen LogP contribution in [0.1, 0.15) is 18.4 Å². The van der Waals surface area contributed by atoms with Crippen LogP contribution in [0.5, 0.6) is 0 Å². The van der Waals surface area contributed by atoms with Gasteiger partial charge in [-0.25, -0.2) is 17.2 Å². The number of rotatable bonds is 4. The molecule has 0 radical (unpaired) electrons. The van der Waals surface area contributed by atoms with E-state index >= 15 is 0 Å². The van der Waals surface area contributed by atoms with Crippen molar-refractivity contribution in [3.05, 3.63) is 65.7 Å². The highest BCUT2D eigenvalue weighted by Crippen LogP contribution is 2.26.